The van der Waals surface area contributed by atoms with Crippen LogP contribution in [-0.2, 0) is 4.79 Å². The van der Waals surface area contributed by atoms with E-state index in [4.69, 9.17) is 10.9 Å². The van der Waals surface area contributed by atoms with E-state index >= 15 is 0 Å². The number of oxime groups is 1. The van der Waals surface area contributed by atoms with Gasteiger partial charge in [0.1, 0.15) is 5.84 Å². The zero-order valence-corrected chi connectivity index (χ0v) is 8.36. The molecule has 1 unspecified atom stereocenters. The molecule has 14 heavy (non-hydrogen) atoms. The first-order valence-corrected chi connectivity index (χ1v) is 4.87. The van der Waals surface area contributed by atoms with Crippen LogP contribution >= 0.6 is 0 Å². The highest BCUT2D eigenvalue weighted by atomic mass is 16.4. The Morgan fingerprint density at radius 1 is 1.71 bits per heavy atom. The van der Waals surface area contributed by atoms with E-state index < -0.39 is 0 Å². The maximum atomic E-state index is 11.2. The predicted octanol–water partition coefficient (Wildman–Crippen LogP) is 0.428. The van der Waals surface area contributed by atoms with Gasteiger partial charge in [0, 0.05) is 6.04 Å². The SMILES string of the molecule is CC(CC1CC1)NC(=O)CC(N)=NO. The molecule has 4 N–H and O–H groups in total. The van der Waals surface area contributed by atoms with Crippen molar-refractivity contribution in [2.24, 2.45) is 16.8 Å². The van der Waals surface area contributed by atoms with Crippen molar-refractivity contribution in [3.05, 3.63) is 0 Å². The second-order valence-corrected chi connectivity index (χ2v) is 3.92. The number of amidine groups is 1. The summed E-state index contributed by atoms with van der Waals surface area (Å²) >= 11 is 0. The van der Waals surface area contributed by atoms with Crippen LogP contribution < -0.4 is 11.1 Å². The minimum atomic E-state index is -0.187. The van der Waals surface area contributed by atoms with Crippen LogP contribution in [0.5, 0.6) is 0 Å². The Hall–Kier alpha value is -1.26. The molecule has 1 atom stereocenters. The van der Waals surface area contributed by atoms with Crippen LogP contribution in [0.4, 0.5) is 0 Å². The number of amides is 1. The molecule has 0 aromatic heterocycles. The summed E-state index contributed by atoms with van der Waals surface area (Å²) in [5.41, 5.74) is 5.20. The minimum absolute atomic E-state index is 0.0362. The number of nitrogens with zero attached hydrogens (tertiary/aromatic N) is 1. The van der Waals surface area contributed by atoms with Crippen molar-refractivity contribution in [2.75, 3.05) is 0 Å². The monoisotopic (exact) mass is 199 g/mol. The number of hydrogen-bond acceptors (Lipinski definition) is 3. The van der Waals surface area contributed by atoms with Crippen molar-refractivity contribution in [2.45, 2.75) is 38.6 Å². The molecule has 1 aliphatic rings. The van der Waals surface area contributed by atoms with Gasteiger partial charge in [-0.05, 0) is 19.3 Å². The van der Waals surface area contributed by atoms with Gasteiger partial charge in [0.15, 0.2) is 0 Å². The van der Waals surface area contributed by atoms with Crippen molar-refractivity contribution in [3.63, 3.8) is 0 Å². The summed E-state index contributed by atoms with van der Waals surface area (Å²) in [4.78, 5) is 11.2. The van der Waals surface area contributed by atoms with Gasteiger partial charge in [-0.15, -0.1) is 0 Å². The summed E-state index contributed by atoms with van der Waals surface area (Å²) in [6.45, 7) is 1.97. The van der Waals surface area contributed by atoms with Crippen LogP contribution in [0.15, 0.2) is 5.16 Å². The fourth-order valence-corrected chi connectivity index (χ4v) is 1.44. The third-order valence-electron chi connectivity index (χ3n) is 2.26. The van der Waals surface area contributed by atoms with E-state index in [1.54, 1.807) is 0 Å². The van der Waals surface area contributed by atoms with E-state index in [1.807, 2.05) is 6.92 Å². The van der Waals surface area contributed by atoms with Gasteiger partial charge in [0.25, 0.3) is 0 Å². The fourth-order valence-electron chi connectivity index (χ4n) is 1.44. The molecule has 1 amide bonds. The zero-order chi connectivity index (χ0) is 10.6. The van der Waals surface area contributed by atoms with E-state index in [2.05, 4.69) is 10.5 Å². The summed E-state index contributed by atoms with van der Waals surface area (Å²) < 4.78 is 0. The maximum absolute atomic E-state index is 11.2. The first kappa shape index (κ1) is 10.8. The highest BCUT2D eigenvalue weighted by Gasteiger charge is 2.24. The zero-order valence-electron chi connectivity index (χ0n) is 8.36. The Bertz CT molecular complexity index is 236. The van der Waals surface area contributed by atoms with Crippen LogP contribution in [0.2, 0.25) is 0 Å². The standard InChI is InChI=1S/C9H17N3O2/c1-6(4-7-2-3-7)11-9(13)5-8(10)12-14/h6-7,14H,2-5H2,1H3,(H2,10,12)(H,11,13). The highest BCUT2D eigenvalue weighted by molar-refractivity contribution is 5.98. The molecule has 80 valence electrons. The lowest BCUT2D eigenvalue weighted by molar-refractivity contribution is -0.120. The Kier molecular flexibility index (Phi) is 3.73. The van der Waals surface area contributed by atoms with E-state index in [-0.39, 0.29) is 24.2 Å². The summed E-state index contributed by atoms with van der Waals surface area (Å²) in [7, 11) is 0. The summed E-state index contributed by atoms with van der Waals surface area (Å²) in [6, 6.07) is 0.182. The normalized spacial score (nSPS) is 19.1. The van der Waals surface area contributed by atoms with Crippen molar-refractivity contribution in [3.8, 4) is 0 Å². The van der Waals surface area contributed by atoms with Crippen molar-refractivity contribution < 1.29 is 10.0 Å². The third-order valence-corrected chi connectivity index (χ3v) is 2.26. The molecule has 0 bridgehead atoms. The number of hydrogen-bond donors (Lipinski definition) is 3. The van der Waals surface area contributed by atoms with Crippen LogP contribution in [0.1, 0.15) is 32.6 Å². The van der Waals surface area contributed by atoms with Crippen LogP contribution in [0, 0.1) is 5.92 Å². The summed E-state index contributed by atoms with van der Waals surface area (Å²) in [6.07, 6.45) is 3.55. The number of nitrogens with two attached hydrogens (primary N) is 1. The first-order valence-electron chi connectivity index (χ1n) is 4.87. The molecule has 1 aliphatic carbocycles. The lowest BCUT2D eigenvalue weighted by Gasteiger charge is -2.12. The molecule has 5 nitrogen and oxygen atoms in total. The van der Waals surface area contributed by atoms with Gasteiger partial charge in [-0.25, -0.2) is 0 Å². The van der Waals surface area contributed by atoms with Crippen molar-refractivity contribution >= 4 is 11.7 Å². The Balaban J connectivity index is 2.17. The molecule has 0 aromatic rings. The average Bonchev–Trinajstić information content (AvgIpc) is 2.87. The van der Waals surface area contributed by atoms with E-state index in [0.717, 1.165) is 12.3 Å². The summed E-state index contributed by atoms with van der Waals surface area (Å²) in [5, 5.41) is 13.8. The van der Waals surface area contributed by atoms with Crippen LogP contribution in [0.3, 0.4) is 0 Å². The second-order valence-electron chi connectivity index (χ2n) is 3.92. The van der Waals surface area contributed by atoms with Gasteiger partial charge in [-0.1, -0.05) is 18.0 Å². The topological polar surface area (TPSA) is 87.7 Å². The molecule has 0 heterocycles. The smallest absolute Gasteiger partial charge is 0.227 e. The average molecular weight is 199 g/mol. The molecule has 0 aliphatic heterocycles. The van der Waals surface area contributed by atoms with Crippen molar-refractivity contribution in [1.29, 1.82) is 0 Å². The van der Waals surface area contributed by atoms with Gasteiger partial charge in [-0.3, -0.25) is 4.79 Å². The molecule has 1 rings (SSSR count). The molecule has 1 saturated carbocycles. The largest absolute Gasteiger partial charge is 0.409 e. The van der Waals surface area contributed by atoms with Crippen LogP contribution in [-0.4, -0.2) is 23.0 Å². The van der Waals surface area contributed by atoms with E-state index in [9.17, 15) is 4.79 Å². The maximum Gasteiger partial charge on any atom is 0.227 e. The van der Waals surface area contributed by atoms with Gasteiger partial charge >= 0.3 is 0 Å². The van der Waals surface area contributed by atoms with Crippen LogP contribution in [0.25, 0.3) is 0 Å². The molecule has 0 spiro atoms. The lowest BCUT2D eigenvalue weighted by Crippen LogP contribution is -2.35. The number of nitrogens with one attached hydrogen (secondary N) is 1. The molecule has 5 heteroatoms. The fraction of sp³-hybridized carbons (Fsp3) is 0.778. The van der Waals surface area contributed by atoms with Gasteiger partial charge in [0.05, 0.1) is 6.42 Å². The van der Waals surface area contributed by atoms with Crippen molar-refractivity contribution in [1.82, 2.24) is 5.32 Å². The molecule has 1 fully saturated rings. The quantitative estimate of drug-likeness (QED) is 0.259. The van der Waals surface area contributed by atoms with Gasteiger partial charge in [-0.2, -0.15) is 0 Å². The highest BCUT2D eigenvalue weighted by Crippen LogP contribution is 2.33. The van der Waals surface area contributed by atoms with Gasteiger partial charge in [0.2, 0.25) is 5.91 Å². The summed E-state index contributed by atoms with van der Waals surface area (Å²) in [5.74, 6) is 0.545. The Morgan fingerprint density at radius 3 is 2.86 bits per heavy atom. The minimum Gasteiger partial charge on any atom is -0.409 e. The first-order chi connectivity index (χ1) is 6.61. The molecular formula is C9H17N3O2. The number of carbonyl (C=O) groups excluding carboxylic acids is 1. The second kappa shape index (κ2) is 4.83. The Morgan fingerprint density at radius 2 is 2.36 bits per heavy atom. The molecular weight excluding hydrogens is 182 g/mol. The number of carbonyl (C=O) groups is 1. The number of rotatable bonds is 5. The predicted molar refractivity (Wildman–Crippen MR) is 53.0 cm³/mol. The lowest BCUT2D eigenvalue weighted by atomic mass is 10.1. The Labute approximate surface area is 83.3 Å². The van der Waals surface area contributed by atoms with E-state index in [0.29, 0.717) is 0 Å². The molecule has 0 saturated heterocycles. The molecule has 0 aromatic carbocycles. The van der Waals surface area contributed by atoms with Gasteiger partial charge < -0.3 is 16.3 Å². The third kappa shape index (κ3) is 4.11. The molecule has 0 radical (unpaired) electrons. The van der Waals surface area contributed by atoms with E-state index in [1.165, 1.54) is 12.8 Å².